The van der Waals surface area contributed by atoms with Crippen LogP contribution in [0.3, 0.4) is 0 Å². The maximum absolute atomic E-state index is 13.1. The van der Waals surface area contributed by atoms with E-state index in [1.165, 1.54) is 30.0 Å². The molecule has 1 atom stereocenters. The van der Waals surface area contributed by atoms with Crippen molar-refractivity contribution in [2.45, 2.75) is 17.3 Å². The summed E-state index contributed by atoms with van der Waals surface area (Å²) in [6.07, 6.45) is 0. The summed E-state index contributed by atoms with van der Waals surface area (Å²) in [5.41, 5.74) is 4.93. The van der Waals surface area contributed by atoms with Crippen LogP contribution in [-0.4, -0.2) is 29.7 Å². The number of anilines is 1. The summed E-state index contributed by atoms with van der Waals surface area (Å²) in [4.78, 5) is 56.9. The van der Waals surface area contributed by atoms with E-state index >= 15 is 0 Å². The third-order valence-electron chi connectivity index (χ3n) is 5.17. The molecular formula is C20H19N5O4S3. The smallest absolute Gasteiger partial charge is 0.332 e. The molecule has 4 aromatic heterocycles. The van der Waals surface area contributed by atoms with E-state index in [9.17, 15) is 19.2 Å². The van der Waals surface area contributed by atoms with Crippen molar-refractivity contribution < 1.29 is 4.79 Å². The third kappa shape index (κ3) is 3.44. The Morgan fingerprint density at radius 3 is 2.47 bits per heavy atom. The lowest BCUT2D eigenvalue weighted by atomic mass is 10.1. The number of nitrogen functional groups attached to an aromatic ring is 1. The number of fused-ring (bicyclic) bond motifs is 1. The minimum Gasteiger partial charge on any atom is -0.384 e. The van der Waals surface area contributed by atoms with Crippen LogP contribution in [0.15, 0.2) is 42.4 Å². The Labute approximate surface area is 193 Å². The maximum atomic E-state index is 13.1. The first kappa shape index (κ1) is 22.2. The molecule has 0 fully saturated rings. The lowest BCUT2D eigenvalue weighted by molar-refractivity contribution is 0.0992. The van der Waals surface area contributed by atoms with Gasteiger partial charge in [-0.05, 0) is 18.4 Å². The molecule has 12 heteroatoms. The Kier molecular flexibility index (Phi) is 5.69. The fraction of sp³-hybridized carbons (Fsp3) is 0.250. The molecule has 4 aromatic rings. The normalized spacial score (nSPS) is 12.4. The standard InChI is InChI=1S/C20H19N5O4S3/c1-9(14(26)13-15(21)23(2)20(29)25(4)18(13)28)32-19-22-16-12(17(27)24(19)3)10(8-31-16)11-6-5-7-30-11/h5-9H,21H2,1-4H3/t9-/m1/s1. The number of nitrogens with two attached hydrogens (primary N) is 1. The quantitative estimate of drug-likeness (QED) is 0.259. The van der Waals surface area contributed by atoms with Crippen molar-refractivity contribution >= 4 is 56.3 Å². The van der Waals surface area contributed by atoms with Crippen molar-refractivity contribution in [2.24, 2.45) is 21.1 Å². The maximum Gasteiger partial charge on any atom is 0.332 e. The van der Waals surface area contributed by atoms with Crippen LogP contribution in [0.2, 0.25) is 0 Å². The highest BCUT2D eigenvalue weighted by Crippen LogP contribution is 2.35. The van der Waals surface area contributed by atoms with Crippen molar-refractivity contribution in [3.63, 3.8) is 0 Å². The lowest BCUT2D eigenvalue weighted by Crippen LogP contribution is -2.42. The molecule has 4 rings (SSSR count). The molecule has 0 unspecified atom stereocenters. The number of hydrogen-bond donors (Lipinski definition) is 1. The number of carbonyl (C=O) groups is 1. The summed E-state index contributed by atoms with van der Waals surface area (Å²) in [5, 5.41) is 3.98. The number of rotatable bonds is 5. The topological polar surface area (TPSA) is 122 Å². The van der Waals surface area contributed by atoms with E-state index in [0.717, 1.165) is 31.3 Å². The predicted molar refractivity (Wildman–Crippen MR) is 129 cm³/mol. The summed E-state index contributed by atoms with van der Waals surface area (Å²) >= 11 is 3.97. The van der Waals surface area contributed by atoms with Gasteiger partial charge >= 0.3 is 5.69 Å². The molecule has 0 saturated heterocycles. The van der Waals surface area contributed by atoms with Gasteiger partial charge in [0.05, 0.1) is 10.6 Å². The van der Waals surface area contributed by atoms with Crippen LogP contribution in [0.25, 0.3) is 20.7 Å². The van der Waals surface area contributed by atoms with Gasteiger partial charge < -0.3 is 5.73 Å². The molecule has 32 heavy (non-hydrogen) atoms. The SMILES string of the molecule is C[C@@H](Sc1nc2scc(-c3cccs3)c2c(=O)n1C)C(=O)c1c(N)n(C)c(=O)n(C)c1=O. The first-order valence-electron chi connectivity index (χ1n) is 9.42. The zero-order valence-electron chi connectivity index (χ0n) is 17.6. The van der Waals surface area contributed by atoms with Crippen LogP contribution in [-0.2, 0) is 21.1 Å². The van der Waals surface area contributed by atoms with E-state index in [4.69, 9.17) is 5.73 Å². The highest BCUT2D eigenvalue weighted by atomic mass is 32.2. The first-order valence-corrected chi connectivity index (χ1v) is 12.1. The summed E-state index contributed by atoms with van der Waals surface area (Å²) in [7, 11) is 4.29. The molecule has 0 saturated carbocycles. The van der Waals surface area contributed by atoms with E-state index < -0.39 is 22.3 Å². The highest BCUT2D eigenvalue weighted by Gasteiger charge is 2.27. The minimum absolute atomic E-state index is 0.188. The van der Waals surface area contributed by atoms with Crippen LogP contribution >= 0.6 is 34.4 Å². The van der Waals surface area contributed by atoms with Crippen molar-refractivity contribution in [1.82, 2.24) is 18.7 Å². The Bertz CT molecular complexity index is 1540. The van der Waals surface area contributed by atoms with Gasteiger partial charge in [0.25, 0.3) is 11.1 Å². The Hall–Kier alpha value is -2.96. The van der Waals surface area contributed by atoms with E-state index in [1.807, 2.05) is 22.9 Å². The minimum atomic E-state index is -0.769. The highest BCUT2D eigenvalue weighted by molar-refractivity contribution is 8.00. The number of ketones is 1. The Morgan fingerprint density at radius 2 is 1.81 bits per heavy atom. The van der Waals surface area contributed by atoms with Gasteiger partial charge in [0.15, 0.2) is 10.9 Å². The van der Waals surface area contributed by atoms with Gasteiger partial charge in [-0.15, -0.1) is 22.7 Å². The van der Waals surface area contributed by atoms with Gasteiger partial charge in [-0.25, -0.2) is 9.78 Å². The molecule has 2 N–H and O–H groups in total. The molecular weight excluding hydrogens is 470 g/mol. The summed E-state index contributed by atoms with van der Waals surface area (Å²) < 4.78 is 3.31. The molecule has 0 aliphatic heterocycles. The van der Waals surface area contributed by atoms with E-state index in [2.05, 4.69) is 4.98 Å². The van der Waals surface area contributed by atoms with Crippen molar-refractivity contribution in [3.05, 3.63) is 59.6 Å². The van der Waals surface area contributed by atoms with E-state index in [0.29, 0.717) is 15.4 Å². The van der Waals surface area contributed by atoms with Crippen LogP contribution in [0, 0.1) is 0 Å². The molecule has 4 heterocycles. The number of carbonyl (C=O) groups excluding carboxylic acids is 1. The predicted octanol–water partition coefficient (Wildman–Crippen LogP) is 2.07. The van der Waals surface area contributed by atoms with Crippen LogP contribution in [0.4, 0.5) is 5.82 Å². The van der Waals surface area contributed by atoms with Crippen molar-refractivity contribution in [1.29, 1.82) is 0 Å². The van der Waals surface area contributed by atoms with Gasteiger partial charge in [-0.2, -0.15) is 0 Å². The van der Waals surface area contributed by atoms with Crippen LogP contribution < -0.4 is 22.5 Å². The van der Waals surface area contributed by atoms with E-state index in [1.54, 1.807) is 25.3 Å². The number of thiophene rings is 2. The van der Waals surface area contributed by atoms with Crippen molar-refractivity contribution in [2.75, 3.05) is 5.73 Å². The van der Waals surface area contributed by atoms with E-state index in [-0.39, 0.29) is 16.9 Å². The molecule has 0 radical (unpaired) electrons. The molecule has 9 nitrogen and oxygen atoms in total. The fourth-order valence-corrected chi connectivity index (χ4v) is 6.01. The molecule has 0 aliphatic rings. The summed E-state index contributed by atoms with van der Waals surface area (Å²) in [6, 6.07) is 3.88. The number of aromatic nitrogens is 4. The second kappa shape index (κ2) is 8.19. The molecule has 0 aromatic carbocycles. The molecule has 0 spiro atoms. The Morgan fingerprint density at radius 1 is 1.09 bits per heavy atom. The molecule has 0 amide bonds. The van der Waals surface area contributed by atoms with Gasteiger partial charge in [0.2, 0.25) is 0 Å². The third-order valence-corrected chi connectivity index (χ3v) is 8.09. The average Bonchev–Trinajstić information content (AvgIpc) is 3.44. The second-order valence-electron chi connectivity index (χ2n) is 7.16. The largest absolute Gasteiger partial charge is 0.384 e. The zero-order chi connectivity index (χ0) is 23.3. The van der Waals surface area contributed by atoms with Crippen LogP contribution in [0.5, 0.6) is 0 Å². The van der Waals surface area contributed by atoms with Crippen LogP contribution in [0.1, 0.15) is 17.3 Å². The Balaban J connectivity index is 1.74. The van der Waals surface area contributed by atoms with Gasteiger partial charge in [0.1, 0.15) is 16.2 Å². The molecule has 166 valence electrons. The van der Waals surface area contributed by atoms with Gasteiger partial charge in [0, 0.05) is 37.0 Å². The number of Topliss-reactive ketones (excluding diaryl/α,β-unsaturated/α-hetero) is 1. The monoisotopic (exact) mass is 489 g/mol. The van der Waals surface area contributed by atoms with Crippen molar-refractivity contribution in [3.8, 4) is 10.4 Å². The fourth-order valence-electron chi connectivity index (χ4n) is 3.28. The average molecular weight is 490 g/mol. The van der Waals surface area contributed by atoms with Gasteiger partial charge in [-0.1, -0.05) is 17.8 Å². The summed E-state index contributed by atoms with van der Waals surface area (Å²) in [5.74, 6) is -0.727. The molecule has 0 bridgehead atoms. The second-order valence-corrected chi connectivity index (χ2v) is 10.3. The number of nitrogens with zero attached hydrogens (tertiary/aromatic N) is 4. The number of thioether (sulfide) groups is 1. The lowest BCUT2D eigenvalue weighted by Gasteiger charge is -2.15. The number of hydrogen-bond acceptors (Lipinski definition) is 9. The van der Waals surface area contributed by atoms with Gasteiger partial charge in [-0.3, -0.25) is 28.1 Å². The zero-order valence-corrected chi connectivity index (χ0v) is 20.1. The molecule has 0 aliphatic carbocycles. The summed E-state index contributed by atoms with van der Waals surface area (Å²) in [6.45, 7) is 1.61. The first-order chi connectivity index (χ1) is 15.1.